The molecule has 1 aromatic carbocycles. The maximum Gasteiger partial charge on any atom is 0.271 e. The summed E-state index contributed by atoms with van der Waals surface area (Å²) in [7, 11) is 0. The van der Waals surface area contributed by atoms with Gasteiger partial charge in [-0.2, -0.15) is 0 Å². The minimum atomic E-state index is -0.513. The largest absolute Gasteiger partial charge is 0.327 e. The lowest BCUT2D eigenvalue weighted by Crippen LogP contribution is -2.29. The minimum absolute atomic E-state index is 0.100. The summed E-state index contributed by atoms with van der Waals surface area (Å²) in [5.74, 6) is -1.00. The van der Waals surface area contributed by atoms with Gasteiger partial charge in [0.15, 0.2) is 0 Å². The number of carbonyl (C=O) groups is 2. The fourth-order valence-electron chi connectivity index (χ4n) is 2.53. The van der Waals surface area contributed by atoms with Gasteiger partial charge in [-0.25, -0.2) is 0 Å². The summed E-state index contributed by atoms with van der Waals surface area (Å²) < 4.78 is 0. The molecule has 2 aromatic rings. The summed E-state index contributed by atoms with van der Waals surface area (Å²) in [5, 5.41) is 3.10. The Morgan fingerprint density at radius 1 is 1.26 bits per heavy atom. The van der Waals surface area contributed by atoms with Gasteiger partial charge >= 0.3 is 0 Å². The number of hydrogen-bond acceptors (Lipinski definition) is 3. The molecular weight excluding hydrogens is 318 g/mol. The van der Waals surface area contributed by atoms with Crippen LogP contribution in [0, 0.1) is 5.92 Å². The maximum absolute atomic E-state index is 12.3. The normalized spacial score (nSPS) is 17.3. The van der Waals surface area contributed by atoms with Crippen LogP contribution in [0.4, 0.5) is 11.4 Å². The van der Waals surface area contributed by atoms with E-state index in [9.17, 15) is 14.4 Å². The van der Waals surface area contributed by atoms with Crippen LogP contribution in [0.2, 0.25) is 5.02 Å². The number of halogens is 1. The number of aromatic nitrogens is 1. The lowest BCUT2D eigenvalue weighted by Gasteiger charge is -2.16. The number of rotatable bonds is 3. The topological polar surface area (TPSA) is 82.3 Å². The molecule has 1 aromatic heterocycles. The van der Waals surface area contributed by atoms with E-state index in [1.165, 1.54) is 17.2 Å². The lowest BCUT2D eigenvalue weighted by atomic mass is 10.1. The van der Waals surface area contributed by atoms with Gasteiger partial charge in [0.2, 0.25) is 11.8 Å². The first-order chi connectivity index (χ1) is 11.0. The standard InChI is InChI=1S/C16H14ClN3O3/c17-11-3-1-4-12(8-11)20-9-10(7-14(20)21)15(22)19-13-5-2-6-18-16(13)23/h1-6,8,10H,7,9H2,(H,18,23)(H,19,22)/t10-/m1/s1. The van der Waals surface area contributed by atoms with Gasteiger partial charge in [0.05, 0.1) is 5.92 Å². The van der Waals surface area contributed by atoms with E-state index in [-0.39, 0.29) is 36.0 Å². The number of nitrogens with zero attached hydrogens (tertiary/aromatic N) is 1. The van der Waals surface area contributed by atoms with Gasteiger partial charge in [0, 0.05) is 29.9 Å². The number of pyridine rings is 1. The molecule has 3 rings (SSSR count). The summed E-state index contributed by atoms with van der Waals surface area (Å²) in [6.07, 6.45) is 1.58. The summed E-state index contributed by atoms with van der Waals surface area (Å²) in [5.41, 5.74) is 0.457. The summed E-state index contributed by atoms with van der Waals surface area (Å²) in [4.78, 5) is 40.1. The summed E-state index contributed by atoms with van der Waals surface area (Å²) >= 11 is 5.94. The zero-order chi connectivity index (χ0) is 16.4. The molecule has 0 aliphatic carbocycles. The van der Waals surface area contributed by atoms with Crippen molar-refractivity contribution in [2.75, 3.05) is 16.8 Å². The Morgan fingerprint density at radius 2 is 2.09 bits per heavy atom. The van der Waals surface area contributed by atoms with Crippen LogP contribution in [0.5, 0.6) is 0 Å². The molecule has 1 fully saturated rings. The van der Waals surface area contributed by atoms with Crippen LogP contribution in [-0.2, 0) is 9.59 Å². The van der Waals surface area contributed by atoms with Gasteiger partial charge in [-0.15, -0.1) is 0 Å². The van der Waals surface area contributed by atoms with Gasteiger partial charge in [-0.1, -0.05) is 17.7 Å². The molecule has 0 radical (unpaired) electrons. The quantitative estimate of drug-likeness (QED) is 0.902. The molecule has 2 amide bonds. The molecule has 6 nitrogen and oxygen atoms in total. The van der Waals surface area contributed by atoms with Crippen LogP contribution in [-0.4, -0.2) is 23.3 Å². The molecule has 23 heavy (non-hydrogen) atoms. The predicted octanol–water partition coefficient (Wildman–Crippen LogP) is 2.02. The third-order valence-electron chi connectivity index (χ3n) is 3.69. The molecule has 1 aliphatic rings. The molecule has 0 spiro atoms. The van der Waals surface area contributed by atoms with Crippen molar-refractivity contribution in [1.82, 2.24) is 4.98 Å². The highest BCUT2D eigenvalue weighted by Crippen LogP contribution is 2.27. The van der Waals surface area contributed by atoms with Crippen LogP contribution < -0.4 is 15.8 Å². The Kier molecular flexibility index (Phi) is 4.16. The summed E-state index contributed by atoms with van der Waals surface area (Å²) in [6, 6.07) is 10.1. The van der Waals surface area contributed by atoms with Crippen molar-refractivity contribution in [2.24, 2.45) is 5.92 Å². The fraction of sp³-hybridized carbons (Fsp3) is 0.188. The highest BCUT2D eigenvalue weighted by atomic mass is 35.5. The number of hydrogen-bond donors (Lipinski definition) is 2. The van der Waals surface area contributed by atoms with Crippen LogP contribution in [0.25, 0.3) is 0 Å². The zero-order valence-corrected chi connectivity index (χ0v) is 12.8. The van der Waals surface area contributed by atoms with Crippen LogP contribution >= 0.6 is 11.6 Å². The van der Waals surface area contributed by atoms with E-state index in [0.717, 1.165) is 0 Å². The average molecular weight is 332 g/mol. The van der Waals surface area contributed by atoms with Crippen molar-refractivity contribution in [3.05, 3.63) is 58.0 Å². The van der Waals surface area contributed by atoms with E-state index in [1.54, 1.807) is 30.3 Å². The van der Waals surface area contributed by atoms with Gasteiger partial charge in [-0.05, 0) is 30.3 Å². The number of carbonyl (C=O) groups excluding carboxylic acids is 2. The van der Waals surface area contributed by atoms with Crippen molar-refractivity contribution in [3.63, 3.8) is 0 Å². The first-order valence-electron chi connectivity index (χ1n) is 7.09. The predicted molar refractivity (Wildman–Crippen MR) is 87.6 cm³/mol. The van der Waals surface area contributed by atoms with E-state index in [0.29, 0.717) is 10.7 Å². The van der Waals surface area contributed by atoms with Crippen LogP contribution in [0.1, 0.15) is 6.42 Å². The van der Waals surface area contributed by atoms with Gasteiger partial charge in [0.25, 0.3) is 5.56 Å². The highest BCUT2D eigenvalue weighted by molar-refractivity contribution is 6.31. The van der Waals surface area contributed by atoms with Crippen molar-refractivity contribution in [2.45, 2.75) is 6.42 Å². The van der Waals surface area contributed by atoms with E-state index >= 15 is 0 Å². The van der Waals surface area contributed by atoms with Crippen molar-refractivity contribution in [1.29, 1.82) is 0 Å². The average Bonchev–Trinajstić information content (AvgIpc) is 2.92. The molecule has 1 atom stereocenters. The molecule has 1 saturated heterocycles. The Hall–Kier alpha value is -2.60. The van der Waals surface area contributed by atoms with Crippen molar-refractivity contribution in [3.8, 4) is 0 Å². The third kappa shape index (κ3) is 3.27. The second kappa shape index (κ2) is 6.26. The molecule has 0 saturated carbocycles. The monoisotopic (exact) mass is 331 g/mol. The van der Waals surface area contributed by atoms with Crippen molar-refractivity contribution < 1.29 is 9.59 Å². The van der Waals surface area contributed by atoms with E-state index in [4.69, 9.17) is 11.6 Å². The van der Waals surface area contributed by atoms with E-state index in [2.05, 4.69) is 10.3 Å². The smallest absolute Gasteiger partial charge is 0.271 e. The molecule has 7 heteroatoms. The molecule has 0 bridgehead atoms. The molecule has 1 aliphatic heterocycles. The fourth-order valence-corrected chi connectivity index (χ4v) is 2.72. The van der Waals surface area contributed by atoms with Gasteiger partial charge < -0.3 is 15.2 Å². The first-order valence-corrected chi connectivity index (χ1v) is 7.47. The maximum atomic E-state index is 12.3. The molecule has 118 valence electrons. The number of aromatic amines is 1. The van der Waals surface area contributed by atoms with Gasteiger partial charge in [-0.3, -0.25) is 14.4 Å². The third-order valence-corrected chi connectivity index (χ3v) is 3.93. The highest BCUT2D eigenvalue weighted by Gasteiger charge is 2.35. The van der Waals surface area contributed by atoms with Gasteiger partial charge in [0.1, 0.15) is 5.69 Å². The molecular formula is C16H14ClN3O3. The number of benzene rings is 1. The second-order valence-electron chi connectivity index (χ2n) is 5.29. The first kappa shape index (κ1) is 15.3. The number of nitrogens with one attached hydrogen (secondary N) is 2. The molecule has 2 heterocycles. The van der Waals surface area contributed by atoms with Crippen LogP contribution in [0.15, 0.2) is 47.4 Å². The Balaban J connectivity index is 1.73. The lowest BCUT2D eigenvalue weighted by molar-refractivity contribution is -0.122. The summed E-state index contributed by atoms with van der Waals surface area (Å²) in [6.45, 7) is 0.260. The SMILES string of the molecule is O=C(Nc1ccc[nH]c1=O)[C@@H]1CC(=O)N(c2cccc(Cl)c2)C1. The number of anilines is 2. The molecule has 0 unspecified atom stereocenters. The van der Waals surface area contributed by atoms with Crippen molar-refractivity contribution >= 4 is 34.8 Å². The zero-order valence-electron chi connectivity index (χ0n) is 12.1. The van der Waals surface area contributed by atoms with E-state index < -0.39 is 5.92 Å². The molecule has 2 N–H and O–H groups in total. The minimum Gasteiger partial charge on any atom is -0.327 e. The Morgan fingerprint density at radius 3 is 2.83 bits per heavy atom. The number of H-pyrrole nitrogens is 1. The van der Waals surface area contributed by atoms with E-state index in [1.807, 2.05) is 0 Å². The van der Waals surface area contributed by atoms with Crippen LogP contribution in [0.3, 0.4) is 0 Å². The number of amides is 2. The second-order valence-corrected chi connectivity index (χ2v) is 5.72. The Labute approximate surface area is 137 Å². The Bertz CT molecular complexity index is 818.